The standard InChI is InChI=1S/C11H19BrF3NO/c1-3-9(4-2)16(8-7-12)10(17)5-6-11(13,14)15/h9H,3-8H2,1-2H3. The molecule has 0 spiro atoms. The Morgan fingerprint density at radius 3 is 2.18 bits per heavy atom. The second-order valence-corrected chi connectivity index (χ2v) is 4.65. The molecule has 0 radical (unpaired) electrons. The van der Waals surface area contributed by atoms with Crippen LogP contribution in [-0.4, -0.2) is 34.9 Å². The number of carbonyl (C=O) groups excluding carboxylic acids is 1. The summed E-state index contributed by atoms with van der Waals surface area (Å²) < 4.78 is 36.2. The Bertz CT molecular complexity index is 229. The molecule has 0 aromatic rings. The zero-order valence-corrected chi connectivity index (χ0v) is 11.8. The number of halogens is 4. The summed E-state index contributed by atoms with van der Waals surface area (Å²) in [6.07, 6.45) is -4.22. The number of amides is 1. The first-order chi connectivity index (χ1) is 7.85. The number of nitrogens with zero attached hydrogens (tertiary/aromatic N) is 1. The Hall–Kier alpha value is -0.260. The van der Waals surface area contributed by atoms with Crippen molar-refractivity contribution >= 4 is 21.8 Å². The van der Waals surface area contributed by atoms with Crippen LogP contribution in [0.25, 0.3) is 0 Å². The molecule has 0 aliphatic heterocycles. The molecule has 0 saturated heterocycles. The zero-order chi connectivity index (χ0) is 13.5. The zero-order valence-electron chi connectivity index (χ0n) is 10.2. The predicted molar refractivity (Wildman–Crippen MR) is 65.2 cm³/mol. The van der Waals surface area contributed by atoms with Crippen molar-refractivity contribution in [3.05, 3.63) is 0 Å². The summed E-state index contributed by atoms with van der Waals surface area (Å²) in [7, 11) is 0. The fourth-order valence-corrected chi connectivity index (χ4v) is 2.11. The van der Waals surface area contributed by atoms with Gasteiger partial charge in [-0.2, -0.15) is 13.2 Å². The number of hydrogen-bond donors (Lipinski definition) is 0. The van der Waals surface area contributed by atoms with Crippen molar-refractivity contribution in [1.29, 1.82) is 0 Å². The Balaban J connectivity index is 4.43. The average Bonchev–Trinajstić information content (AvgIpc) is 2.25. The molecule has 0 rings (SSSR count). The summed E-state index contributed by atoms with van der Waals surface area (Å²) >= 11 is 3.22. The van der Waals surface area contributed by atoms with Gasteiger partial charge in [-0.05, 0) is 12.8 Å². The highest BCUT2D eigenvalue weighted by Gasteiger charge is 2.30. The maximum Gasteiger partial charge on any atom is 0.389 e. The van der Waals surface area contributed by atoms with E-state index in [9.17, 15) is 18.0 Å². The molecule has 102 valence electrons. The minimum Gasteiger partial charge on any atom is -0.339 e. The van der Waals surface area contributed by atoms with Crippen LogP contribution in [0.2, 0.25) is 0 Å². The third kappa shape index (κ3) is 6.91. The maximum atomic E-state index is 12.1. The second-order valence-electron chi connectivity index (χ2n) is 3.86. The molecule has 0 saturated carbocycles. The van der Waals surface area contributed by atoms with Crippen LogP contribution in [-0.2, 0) is 4.79 Å². The lowest BCUT2D eigenvalue weighted by Crippen LogP contribution is -2.41. The molecule has 0 aliphatic rings. The van der Waals surface area contributed by atoms with E-state index in [1.54, 1.807) is 4.90 Å². The van der Waals surface area contributed by atoms with Gasteiger partial charge in [-0.25, -0.2) is 0 Å². The first kappa shape index (κ1) is 16.7. The van der Waals surface area contributed by atoms with Gasteiger partial charge in [0.25, 0.3) is 0 Å². The molecular formula is C11H19BrF3NO. The highest BCUT2D eigenvalue weighted by molar-refractivity contribution is 9.09. The van der Waals surface area contributed by atoms with Crippen LogP contribution < -0.4 is 0 Å². The van der Waals surface area contributed by atoms with Crippen LogP contribution >= 0.6 is 15.9 Å². The van der Waals surface area contributed by atoms with Crippen molar-refractivity contribution in [2.45, 2.75) is 51.7 Å². The first-order valence-electron chi connectivity index (χ1n) is 5.77. The summed E-state index contributed by atoms with van der Waals surface area (Å²) in [6, 6.07) is 0.0354. The molecule has 0 aromatic heterocycles. The number of alkyl halides is 4. The molecule has 17 heavy (non-hydrogen) atoms. The van der Waals surface area contributed by atoms with Crippen LogP contribution in [0.3, 0.4) is 0 Å². The lowest BCUT2D eigenvalue weighted by Gasteiger charge is -2.30. The highest BCUT2D eigenvalue weighted by Crippen LogP contribution is 2.22. The molecular weight excluding hydrogens is 299 g/mol. The Kier molecular flexibility index (Phi) is 7.83. The molecule has 0 aliphatic carbocycles. The predicted octanol–water partition coefficient (Wildman–Crippen LogP) is 3.74. The van der Waals surface area contributed by atoms with Gasteiger partial charge in [-0.3, -0.25) is 4.79 Å². The van der Waals surface area contributed by atoms with Crippen molar-refractivity contribution < 1.29 is 18.0 Å². The monoisotopic (exact) mass is 317 g/mol. The van der Waals surface area contributed by atoms with Crippen molar-refractivity contribution in [2.24, 2.45) is 0 Å². The Morgan fingerprint density at radius 2 is 1.82 bits per heavy atom. The van der Waals surface area contributed by atoms with Crippen molar-refractivity contribution in [3.8, 4) is 0 Å². The van der Waals surface area contributed by atoms with Gasteiger partial charge in [-0.1, -0.05) is 29.8 Å². The van der Waals surface area contributed by atoms with Crippen molar-refractivity contribution in [3.63, 3.8) is 0 Å². The topological polar surface area (TPSA) is 20.3 Å². The van der Waals surface area contributed by atoms with E-state index in [0.717, 1.165) is 12.8 Å². The number of carbonyl (C=O) groups is 1. The molecule has 1 amide bonds. The lowest BCUT2D eigenvalue weighted by molar-refractivity contribution is -0.150. The van der Waals surface area contributed by atoms with Gasteiger partial charge in [-0.15, -0.1) is 0 Å². The quantitative estimate of drug-likeness (QED) is 0.655. The van der Waals surface area contributed by atoms with Crippen LogP contribution in [0.4, 0.5) is 13.2 Å². The first-order valence-corrected chi connectivity index (χ1v) is 6.90. The number of rotatable bonds is 7. The Morgan fingerprint density at radius 1 is 1.29 bits per heavy atom. The molecule has 6 heteroatoms. The van der Waals surface area contributed by atoms with Crippen molar-refractivity contribution in [1.82, 2.24) is 4.90 Å². The van der Waals surface area contributed by atoms with Gasteiger partial charge in [0, 0.05) is 24.3 Å². The molecule has 0 N–H and O–H groups in total. The van der Waals surface area contributed by atoms with Gasteiger partial charge in [0.2, 0.25) is 5.91 Å². The minimum absolute atomic E-state index is 0.0354. The summed E-state index contributed by atoms with van der Waals surface area (Å²) in [6.45, 7) is 4.34. The van der Waals surface area contributed by atoms with Gasteiger partial charge in [0.1, 0.15) is 0 Å². The lowest BCUT2D eigenvalue weighted by atomic mass is 10.1. The highest BCUT2D eigenvalue weighted by atomic mass is 79.9. The average molecular weight is 318 g/mol. The SMILES string of the molecule is CCC(CC)N(CCBr)C(=O)CCC(F)(F)F. The normalized spacial score (nSPS) is 11.9. The van der Waals surface area contributed by atoms with Crippen LogP contribution in [0.1, 0.15) is 39.5 Å². The molecule has 0 fully saturated rings. The number of hydrogen-bond acceptors (Lipinski definition) is 1. The van der Waals surface area contributed by atoms with E-state index in [-0.39, 0.29) is 6.04 Å². The molecule has 2 nitrogen and oxygen atoms in total. The summed E-state index contributed by atoms with van der Waals surface area (Å²) in [5.74, 6) is -0.407. The Labute approximate surface area is 109 Å². The van der Waals surface area contributed by atoms with E-state index in [2.05, 4.69) is 15.9 Å². The molecule has 0 unspecified atom stereocenters. The van der Waals surface area contributed by atoms with E-state index in [1.165, 1.54) is 0 Å². The smallest absolute Gasteiger partial charge is 0.339 e. The van der Waals surface area contributed by atoms with E-state index in [4.69, 9.17) is 0 Å². The van der Waals surface area contributed by atoms with Crippen LogP contribution in [0, 0.1) is 0 Å². The van der Waals surface area contributed by atoms with E-state index in [0.29, 0.717) is 11.9 Å². The van der Waals surface area contributed by atoms with Crippen molar-refractivity contribution in [2.75, 3.05) is 11.9 Å². The van der Waals surface area contributed by atoms with E-state index in [1.807, 2.05) is 13.8 Å². The van der Waals surface area contributed by atoms with Crippen LogP contribution in [0.5, 0.6) is 0 Å². The molecule has 0 heterocycles. The van der Waals surface area contributed by atoms with E-state index >= 15 is 0 Å². The van der Waals surface area contributed by atoms with Gasteiger partial charge < -0.3 is 4.90 Å². The van der Waals surface area contributed by atoms with Gasteiger partial charge in [0.05, 0.1) is 6.42 Å². The maximum absolute atomic E-state index is 12.1. The molecule has 0 bridgehead atoms. The third-order valence-corrected chi connectivity index (χ3v) is 3.01. The second kappa shape index (κ2) is 7.95. The fraction of sp³-hybridized carbons (Fsp3) is 0.909. The third-order valence-electron chi connectivity index (χ3n) is 2.65. The summed E-state index contributed by atoms with van der Waals surface area (Å²) in [4.78, 5) is 13.3. The molecule has 0 aromatic carbocycles. The minimum atomic E-state index is -4.26. The molecule has 0 atom stereocenters. The van der Waals surface area contributed by atoms with Gasteiger partial charge in [0.15, 0.2) is 0 Å². The largest absolute Gasteiger partial charge is 0.389 e. The fourth-order valence-electron chi connectivity index (χ4n) is 1.72. The summed E-state index contributed by atoms with van der Waals surface area (Å²) in [5, 5.41) is 0.585. The van der Waals surface area contributed by atoms with Crippen LogP contribution in [0.15, 0.2) is 0 Å². The van der Waals surface area contributed by atoms with Gasteiger partial charge >= 0.3 is 6.18 Å². The van der Waals surface area contributed by atoms with E-state index < -0.39 is 24.9 Å². The summed E-state index contributed by atoms with van der Waals surface area (Å²) in [5.41, 5.74) is 0.